The second kappa shape index (κ2) is 6.43. The van der Waals surface area contributed by atoms with Gasteiger partial charge in [0.05, 0.1) is 6.61 Å². The highest BCUT2D eigenvalue weighted by Gasteiger charge is 2.05. The van der Waals surface area contributed by atoms with E-state index in [-0.39, 0.29) is 0 Å². The summed E-state index contributed by atoms with van der Waals surface area (Å²) in [7, 11) is 0. The Morgan fingerprint density at radius 1 is 1.33 bits per heavy atom. The van der Waals surface area contributed by atoms with E-state index < -0.39 is 0 Å². The van der Waals surface area contributed by atoms with E-state index in [2.05, 4.69) is 25.3 Å². The van der Waals surface area contributed by atoms with E-state index in [1.807, 2.05) is 18.2 Å². The lowest BCUT2D eigenvalue weighted by atomic mass is 10.0. The van der Waals surface area contributed by atoms with Crippen LogP contribution in [0.4, 0.5) is 0 Å². The van der Waals surface area contributed by atoms with Crippen LogP contribution in [0.25, 0.3) is 0 Å². The Hall–Kier alpha value is -1.06. The van der Waals surface area contributed by atoms with Gasteiger partial charge in [-0.25, -0.2) is 0 Å². The van der Waals surface area contributed by atoms with Gasteiger partial charge in [0.25, 0.3) is 0 Å². The lowest BCUT2D eigenvalue weighted by molar-refractivity contribution is 0.304. The average Bonchev–Trinajstić information content (AvgIpc) is 2.25. The van der Waals surface area contributed by atoms with Gasteiger partial charge in [0.1, 0.15) is 5.75 Å². The summed E-state index contributed by atoms with van der Waals surface area (Å²) >= 11 is 0. The standard InChI is InChI=1S/C12H20N2O/c1-10(2)11-6-3-4-7-12(11)15-9-5-8-14-13/h3-4,6-7,10,14H,5,8-9,13H2,1-2H3. The number of hydrogen-bond donors (Lipinski definition) is 2. The minimum Gasteiger partial charge on any atom is -0.493 e. The van der Waals surface area contributed by atoms with Gasteiger partial charge in [0, 0.05) is 6.54 Å². The monoisotopic (exact) mass is 208 g/mol. The van der Waals surface area contributed by atoms with Crippen molar-refractivity contribution in [3.05, 3.63) is 29.8 Å². The highest BCUT2D eigenvalue weighted by atomic mass is 16.5. The number of para-hydroxylation sites is 1. The van der Waals surface area contributed by atoms with E-state index in [1.54, 1.807) is 0 Å². The summed E-state index contributed by atoms with van der Waals surface area (Å²) in [6.07, 6.45) is 0.920. The molecular weight excluding hydrogens is 188 g/mol. The molecule has 0 aliphatic carbocycles. The molecule has 0 unspecified atom stereocenters. The van der Waals surface area contributed by atoms with Crippen molar-refractivity contribution in [2.45, 2.75) is 26.2 Å². The Labute approximate surface area is 91.6 Å². The van der Waals surface area contributed by atoms with Crippen LogP contribution in [-0.4, -0.2) is 13.2 Å². The van der Waals surface area contributed by atoms with Crippen LogP contribution in [0.3, 0.4) is 0 Å². The van der Waals surface area contributed by atoms with Crippen molar-refractivity contribution < 1.29 is 4.74 Å². The molecule has 0 radical (unpaired) electrons. The Morgan fingerprint density at radius 3 is 2.73 bits per heavy atom. The fourth-order valence-electron chi connectivity index (χ4n) is 1.45. The quantitative estimate of drug-likeness (QED) is 0.427. The van der Waals surface area contributed by atoms with E-state index in [1.165, 1.54) is 5.56 Å². The molecule has 0 heterocycles. The van der Waals surface area contributed by atoms with Gasteiger partial charge in [-0.2, -0.15) is 0 Å². The van der Waals surface area contributed by atoms with Crippen LogP contribution in [0.1, 0.15) is 31.7 Å². The molecule has 3 heteroatoms. The molecule has 0 bridgehead atoms. The first-order valence-electron chi connectivity index (χ1n) is 5.41. The summed E-state index contributed by atoms with van der Waals surface area (Å²) in [6.45, 7) is 5.82. The van der Waals surface area contributed by atoms with Crippen molar-refractivity contribution in [3.8, 4) is 5.75 Å². The lowest BCUT2D eigenvalue weighted by Gasteiger charge is -2.13. The first-order valence-corrected chi connectivity index (χ1v) is 5.41. The third-order valence-corrected chi connectivity index (χ3v) is 2.26. The largest absolute Gasteiger partial charge is 0.493 e. The highest BCUT2D eigenvalue weighted by Crippen LogP contribution is 2.25. The number of benzene rings is 1. The minimum atomic E-state index is 0.494. The van der Waals surface area contributed by atoms with Gasteiger partial charge in [-0.1, -0.05) is 32.0 Å². The van der Waals surface area contributed by atoms with Crippen LogP contribution in [0.2, 0.25) is 0 Å². The smallest absolute Gasteiger partial charge is 0.122 e. The summed E-state index contributed by atoms with van der Waals surface area (Å²) in [6, 6.07) is 8.18. The van der Waals surface area contributed by atoms with Gasteiger partial charge in [-0.3, -0.25) is 11.3 Å². The predicted molar refractivity (Wildman–Crippen MR) is 62.8 cm³/mol. The van der Waals surface area contributed by atoms with E-state index in [0.29, 0.717) is 12.5 Å². The molecule has 0 saturated carbocycles. The molecule has 0 saturated heterocycles. The molecular formula is C12H20N2O. The third-order valence-electron chi connectivity index (χ3n) is 2.26. The van der Waals surface area contributed by atoms with E-state index >= 15 is 0 Å². The van der Waals surface area contributed by atoms with Crippen molar-refractivity contribution in [1.82, 2.24) is 5.43 Å². The van der Waals surface area contributed by atoms with Gasteiger partial charge in [-0.15, -0.1) is 0 Å². The summed E-state index contributed by atoms with van der Waals surface area (Å²) in [5.41, 5.74) is 3.87. The number of nitrogens with two attached hydrogens (primary N) is 1. The maximum atomic E-state index is 5.70. The number of nitrogens with one attached hydrogen (secondary N) is 1. The van der Waals surface area contributed by atoms with Crippen LogP contribution in [0.15, 0.2) is 24.3 Å². The normalized spacial score (nSPS) is 10.7. The van der Waals surface area contributed by atoms with Crippen LogP contribution in [0, 0.1) is 0 Å². The molecule has 0 aliphatic rings. The molecule has 84 valence electrons. The molecule has 0 atom stereocenters. The van der Waals surface area contributed by atoms with Gasteiger partial charge >= 0.3 is 0 Å². The number of ether oxygens (including phenoxy) is 1. The third kappa shape index (κ3) is 3.90. The predicted octanol–water partition coefficient (Wildman–Crippen LogP) is 2.04. The first-order chi connectivity index (χ1) is 7.25. The molecule has 0 aliphatic heterocycles. The van der Waals surface area contributed by atoms with Crippen LogP contribution < -0.4 is 16.0 Å². The summed E-state index contributed by atoms with van der Waals surface area (Å²) in [5.74, 6) is 6.67. The fraction of sp³-hybridized carbons (Fsp3) is 0.500. The zero-order chi connectivity index (χ0) is 11.1. The van der Waals surface area contributed by atoms with Crippen molar-refractivity contribution in [1.29, 1.82) is 0 Å². The second-order valence-electron chi connectivity index (χ2n) is 3.85. The zero-order valence-corrected chi connectivity index (χ0v) is 9.49. The molecule has 15 heavy (non-hydrogen) atoms. The topological polar surface area (TPSA) is 47.3 Å². The average molecular weight is 208 g/mol. The summed E-state index contributed by atoms with van der Waals surface area (Å²) in [5, 5.41) is 0. The SMILES string of the molecule is CC(C)c1ccccc1OCCCNN. The first kappa shape index (κ1) is 12.0. The minimum absolute atomic E-state index is 0.494. The lowest BCUT2D eigenvalue weighted by Crippen LogP contribution is -2.24. The van der Waals surface area contributed by atoms with Crippen molar-refractivity contribution in [2.24, 2.45) is 5.84 Å². The molecule has 0 spiro atoms. The molecule has 0 aromatic heterocycles. The second-order valence-corrected chi connectivity index (χ2v) is 3.85. The molecule has 1 aromatic rings. The maximum absolute atomic E-state index is 5.70. The number of hydrazine groups is 1. The van der Waals surface area contributed by atoms with Crippen LogP contribution in [-0.2, 0) is 0 Å². The van der Waals surface area contributed by atoms with E-state index in [4.69, 9.17) is 10.6 Å². The van der Waals surface area contributed by atoms with Gasteiger partial charge in [0.15, 0.2) is 0 Å². The molecule has 1 rings (SSSR count). The van der Waals surface area contributed by atoms with Crippen LogP contribution in [0.5, 0.6) is 5.75 Å². The maximum Gasteiger partial charge on any atom is 0.122 e. The Kier molecular flexibility index (Phi) is 5.15. The summed E-state index contributed by atoms with van der Waals surface area (Å²) in [4.78, 5) is 0. The Balaban J connectivity index is 2.52. The zero-order valence-electron chi connectivity index (χ0n) is 9.49. The Morgan fingerprint density at radius 2 is 2.07 bits per heavy atom. The van der Waals surface area contributed by atoms with Crippen molar-refractivity contribution in [3.63, 3.8) is 0 Å². The van der Waals surface area contributed by atoms with E-state index in [9.17, 15) is 0 Å². The molecule has 3 N–H and O–H groups in total. The summed E-state index contributed by atoms with van der Waals surface area (Å²) < 4.78 is 5.70. The molecule has 3 nitrogen and oxygen atoms in total. The fourth-order valence-corrected chi connectivity index (χ4v) is 1.45. The molecule has 0 fully saturated rings. The number of hydrogen-bond acceptors (Lipinski definition) is 3. The highest BCUT2D eigenvalue weighted by molar-refractivity contribution is 5.35. The van der Waals surface area contributed by atoms with Gasteiger partial charge in [0.2, 0.25) is 0 Å². The van der Waals surface area contributed by atoms with E-state index in [0.717, 1.165) is 18.7 Å². The van der Waals surface area contributed by atoms with Gasteiger partial charge < -0.3 is 4.74 Å². The van der Waals surface area contributed by atoms with Crippen molar-refractivity contribution in [2.75, 3.05) is 13.2 Å². The van der Waals surface area contributed by atoms with Crippen LogP contribution >= 0.6 is 0 Å². The molecule has 0 amide bonds. The van der Waals surface area contributed by atoms with Crippen molar-refractivity contribution >= 4 is 0 Å². The molecule has 1 aromatic carbocycles. The van der Waals surface area contributed by atoms with Gasteiger partial charge in [-0.05, 0) is 24.0 Å². The number of rotatable bonds is 6. The Bertz CT molecular complexity index is 287.